The quantitative estimate of drug-likeness (QED) is 0.460. The molecule has 0 N–H and O–H groups in total. The molecule has 17 heavy (non-hydrogen) atoms. The van der Waals surface area contributed by atoms with Crippen molar-refractivity contribution < 1.29 is 14.7 Å². The van der Waals surface area contributed by atoms with Crippen LogP contribution < -0.4 is 0 Å². The number of hydrogen-bond donors (Lipinski definition) is 0. The monoisotopic (exact) mass is 255 g/mol. The highest BCUT2D eigenvalue weighted by Gasteiger charge is 2.06. The van der Waals surface area contributed by atoms with Crippen LogP contribution in [0.15, 0.2) is 29.8 Å². The maximum atomic E-state index is 11.2. The van der Waals surface area contributed by atoms with Crippen LogP contribution in [0.1, 0.15) is 12.5 Å². The van der Waals surface area contributed by atoms with E-state index in [1.54, 1.807) is 24.3 Å². The molecule has 0 fully saturated rings. The Hall–Kier alpha value is -1.88. The second-order valence-corrected chi connectivity index (χ2v) is 3.71. The number of nitrogens with zero attached hydrogens (tertiary/aromatic N) is 1. The van der Waals surface area contributed by atoms with Gasteiger partial charge in [-0.15, -0.1) is 10.1 Å². The molecular weight excluding hydrogens is 246 g/mol. The standard InChI is InChI=1S/C11H10ClNO4/c1-8(14)10(7-17-13(15)16)6-9-2-4-11(12)5-3-9/h2-6H,7H2,1H3/b10-6+. The lowest BCUT2D eigenvalue weighted by Gasteiger charge is -2.02. The first kappa shape index (κ1) is 13.2. The Morgan fingerprint density at radius 3 is 2.53 bits per heavy atom. The van der Waals surface area contributed by atoms with E-state index in [1.807, 2.05) is 0 Å². The summed E-state index contributed by atoms with van der Waals surface area (Å²) >= 11 is 5.71. The summed E-state index contributed by atoms with van der Waals surface area (Å²) in [5, 5.41) is 9.70. The van der Waals surface area contributed by atoms with Gasteiger partial charge in [0.25, 0.3) is 5.09 Å². The third-order valence-electron chi connectivity index (χ3n) is 1.99. The summed E-state index contributed by atoms with van der Waals surface area (Å²) in [6, 6.07) is 6.74. The van der Waals surface area contributed by atoms with E-state index in [0.717, 1.165) is 5.56 Å². The summed E-state index contributed by atoms with van der Waals surface area (Å²) in [6.07, 6.45) is 1.53. The first-order chi connectivity index (χ1) is 7.99. The van der Waals surface area contributed by atoms with Crippen molar-refractivity contribution in [3.05, 3.63) is 50.5 Å². The molecule has 0 saturated heterocycles. The summed E-state index contributed by atoms with van der Waals surface area (Å²) in [5.41, 5.74) is 0.954. The Labute approximate surface area is 103 Å². The van der Waals surface area contributed by atoms with Gasteiger partial charge in [-0.25, -0.2) is 0 Å². The van der Waals surface area contributed by atoms with Gasteiger partial charge in [0.2, 0.25) is 0 Å². The normalized spacial score (nSPS) is 11.1. The minimum atomic E-state index is -0.932. The molecule has 0 aromatic heterocycles. The van der Waals surface area contributed by atoms with E-state index < -0.39 is 5.09 Å². The molecule has 1 aromatic carbocycles. The zero-order valence-corrected chi connectivity index (χ0v) is 9.81. The number of halogens is 1. The first-order valence-electron chi connectivity index (χ1n) is 4.73. The Kier molecular flexibility index (Phi) is 4.66. The van der Waals surface area contributed by atoms with Crippen LogP contribution in [0.5, 0.6) is 0 Å². The van der Waals surface area contributed by atoms with Crippen molar-refractivity contribution >= 4 is 23.5 Å². The molecule has 0 spiro atoms. The molecule has 0 atom stereocenters. The number of benzene rings is 1. The van der Waals surface area contributed by atoms with Gasteiger partial charge in [0.1, 0.15) is 6.61 Å². The number of ketones is 1. The van der Waals surface area contributed by atoms with Crippen molar-refractivity contribution in [1.29, 1.82) is 0 Å². The molecule has 6 heteroatoms. The molecule has 0 aliphatic carbocycles. The predicted molar refractivity (Wildman–Crippen MR) is 63.1 cm³/mol. The average Bonchev–Trinajstić information content (AvgIpc) is 2.26. The Morgan fingerprint density at radius 2 is 2.06 bits per heavy atom. The fourth-order valence-corrected chi connectivity index (χ4v) is 1.25. The topological polar surface area (TPSA) is 69.4 Å². The largest absolute Gasteiger partial charge is 0.309 e. The number of carbonyl (C=O) groups is 1. The van der Waals surface area contributed by atoms with E-state index in [0.29, 0.717) is 5.02 Å². The van der Waals surface area contributed by atoms with Gasteiger partial charge in [-0.2, -0.15) is 0 Å². The molecule has 90 valence electrons. The van der Waals surface area contributed by atoms with E-state index in [-0.39, 0.29) is 18.0 Å². The molecule has 5 nitrogen and oxygen atoms in total. The lowest BCUT2D eigenvalue weighted by atomic mass is 10.1. The van der Waals surface area contributed by atoms with Gasteiger partial charge in [0, 0.05) is 10.6 Å². The van der Waals surface area contributed by atoms with E-state index >= 15 is 0 Å². The molecule has 0 unspecified atom stereocenters. The molecule has 1 aromatic rings. The van der Waals surface area contributed by atoms with Gasteiger partial charge in [-0.05, 0) is 30.7 Å². The molecule has 1 rings (SSSR count). The van der Waals surface area contributed by atoms with Crippen molar-refractivity contribution in [3.8, 4) is 0 Å². The van der Waals surface area contributed by atoms with Crippen molar-refractivity contribution in [2.45, 2.75) is 6.92 Å². The average molecular weight is 256 g/mol. The van der Waals surface area contributed by atoms with Gasteiger partial charge in [-0.3, -0.25) is 4.79 Å². The van der Waals surface area contributed by atoms with Crippen LogP contribution in [-0.2, 0) is 9.63 Å². The fourth-order valence-electron chi connectivity index (χ4n) is 1.13. The summed E-state index contributed by atoms with van der Waals surface area (Å²) < 4.78 is 0. The third kappa shape index (κ3) is 4.65. The molecule has 0 radical (unpaired) electrons. The second-order valence-electron chi connectivity index (χ2n) is 3.27. The minimum absolute atomic E-state index is 0.226. The van der Waals surface area contributed by atoms with Crippen LogP contribution in [0.3, 0.4) is 0 Å². The highest BCUT2D eigenvalue weighted by atomic mass is 35.5. The second kappa shape index (κ2) is 6.00. The summed E-state index contributed by atoms with van der Waals surface area (Å²) in [6.45, 7) is 0.968. The number of carbonyl (C=O) groups excluding carboxylic acids is 1. The molecule has 0 bridgehead atoms. The van der Waals surface area contributed by atoms with Gasteiger partial charge in [-0.1, -0.05) is 23.7 Å². The number of Topliss-reactive ketones (excluding diaryl/α,β-unsaturated/α-hetero) is 1. The Bertz CT molecular complexity index is 453. The first-order valence-corrected chi connectivity index (χ1v) is 5.11. The van der Waals surface area contributed by atoms with Crippen LogP contribution in [-0.4, -0.2) is 17.5 Å². The van der Waals surface area contributed by atoms with Crippen molar-refractivity contribution in [3.63, 3.8) is 0 Å². The van der Waals surface area contributed by atoms with E-state index in [1.165, 1.54) is 13.0 Å². The fraction of sp³-hybridized carbons (Fsp3) is 0.182. The van der Waals surface area contributed by atoms with Gasteiger partial charge < -0.3 is 4.84 Å². The zero-order valence-electron chi connectivity index (χ0n) is 9.05. The highest BCUT2D eigenvalue weighted by Crippen LogP contribution is 2.13. The van der Waals surface area contributed by atoms with Crippen LogP contribution >= 0.6 is 11.6 Å². The lowest BCUT2D eigenvalue weighted by molar-refractivity contribution is -0.755. The molecular formula is C11H10ClNO4. The minimum Gasteiger partial charge on any atom is -0.309 e. The van der Waals surface area contributed by atoms with Gasteiger partial charge in [0.05, 0.1) is 0 Å². The predicted octanol–water partition coefficient (Wildman–Crippen LogP) is 2.52. The number of hydrogen-bond acceptors (Lipinski definition) is 4. The molecule has 0 amide bonds. The lowest BCUT2D eigenvalue weighted by Crippen LogP contribution is -2.09. The summed E-state index contributed by atoms with van der Waals surface area (Å²) in [7, 11) is 0. The Morgan fingerprint density at radius 1 is 1.47 bits per heavy atom. The number of rotatable bonds is 5. The summed E-state index contributed by atoms with van der Waals surface area (Å²) in [4.78, 5) is 25.4. The van der Waals surface area contributed by atoms with Crippen LogP contribution in [0.2, 0.25) is 5.02 Å². The maximum Gasteiger partial charge on any atom is 0.294 e. The van der Waals surface area contributed by atoms with Gasteiger partial charge in [0.15, 0.2) is 5.78 Å². The summed E-state index contributed by atoms with van der Waals surface area (Å²) in [5.74, 6) is -0.276. The molecule has 0 aliphatic heterocycles. The molecule has 0 heterocycles. The molecule has 0 saturated carbocycles. The van der Waals surface area contributed by atoms with Crippen LogP contribution in [0.4, 0.5) is 0 Å². The smallest absolute Gasteiger partial charge is 0.294 e. The van der Waals surface area contributed by atoms with Crippen molar-refractivity contribution in [1.82, 2.24) is 0 Å². The maximum absolute atomic E-state index is 11.2. The Balaban J connectivity index is 2.86. The van der Waals surface area contributed by atoms with Crippen molar-refractivity contribution in [2.75, 3.05) is 6.61 Å². The highest BCUT2D eigenvalue weighted by molar-refractivity contribution is 6.30. The zero-order chi connectivity index (χ0) is 12.8. The van der Waals surface area contributed by atoms with Crippen molar-refractivity contribution in [2.24, 2.45) is 0 Å². The third-order valence-corrected chi connectivity index (χ3v) is 2.24. The van der Waals surface area contributed by atoms with Crippen LogP contribution in [0, 0.1) is 10.1 Å². The van der Waals surface area contributed by atoms with E-state index in [4.69, 9.17) is 11.6 Å². The van der Waals surface area contributed by atoms with Crippen LogP contribution in [0.25, 0.3) is 6.08 Å². The molecule has 0 aliphatic rings. The van der Waals surface area contributed by atoms with E-state index in [9.17, 15) is 14.9 Å². The van der Waals surface area contributed by atoms with E-state index in [2.05, 4.69) is 4.84 Å². The van der Waals surface area contributed by atoms with Gasteiger partial charge >= 0.3 is 0 Å². The SMILES string of the molecule is CC(=O)/C(=C/c1ccc(Cl)cc1)CO[N+](=O)[O-].